The van der Waals surface area contributed by atoms with Crippen molar-refractivity contribution in [2.75, 3.05) is 5.32 Å². The molecule has 2 N–H and O–H groups in total. The molecule has 0 aliphatic carbocycles. The quantitative estimate of drug-likeness (QED) is 0.183. The number of nitrogens with one attached hydrogen (secondary N) is 2. The van der Waals surface area contributed by atoms with Crippen LogP contribution in [-0.2, 0) is 17.9 Å². The molecule has 0 atom stereocenters. The first-order valence-electron chi connectivity index (χ1n) is 12.2. The van der Waals surface area contributed by atoms with E-state index in [4.69, 9.17) is 16.6 Å². The van der Waals surface area contributed by atoms with Crippen molar-refractivity contribution in [3.05, 3.63) is 129 Å². The lowest BCUT2D eigenvalue weighted by atomic mass is 10.1. The first kappa shape index (κ1) is 25.8. The van der Waals surface area contributed by atoms with Gasteiger partial charge in [0.15, 0.2) is 5.65 Å². The normalized spacial score (nSPS) is 11.5. The van der Waals surface area contributed by atoms with Gasteiger partial charge in [-0.15, -0.1) is 0 Å². The Morgan fingerprint density at radius 2 is 1.63 bits per heavy atom. The van der Waals surface area contributed by atoms with Gasteiger partial charge in [0.25, 0.3) is 0 Å². The van der Waals surface area contributed by atoms with Crippen molar-refractivity contribution >= 4 is 51.0 Å². The van der Waals surface area contributed by atoms with Crippen LogP contribution < -0.4 is 10.6 Å². The fraction of sp³-hybridized carbons (Fsp3) is 0.0968. The number of hydrogen-bond donors (Lipinski definition) is 2. The van der Waals surface area contributed by atoms with Gasteiger partial charge in [-0.05, 0) is 57.8 Å². The average Bonchev–Trinajstić information content (AvgIpc) is 3.32. The molecule has 0 saturated heterocycles. The van der Waals surface area contributed by atoms with Crippen molar-refractivity contribution in [2.45, 2.75) is 20.0 Å². The molecule has 3 aromatic carbocycles. The standard InChI is InChI=1S/C31H26BrClN4O/c1-21(17-22-7-3-2-4-8-22)31(38)35-20-24-13-11-23(12-14-24)19-34-29-18-28(25-9-5-6-10-27(25)33)36-30-26(32)15-16-37(29)30/h2-18,34H,19-20H2,1H3,(H,35,38). The predicted octanol–water partition coefficient (Wildman–Crippen LogP) is 7.75. The fourth-order valence-electron chi connectivity index (χ4n) is 4.14. The number of rotatable bonds is 8. The smallest absolute Gasteiger partial charge is 0.247 e. The lowest BCUT2D eigenvalue weighted by molar-refractivity contribution is -0.117. The maximum Gasteiger partial charge on any atom is 0.247 e. The molecule has 190 valence electrons. The zero-order valence-corrected chi connectivity index (χ0v) is 23.1. The molecule has 0 saturated carbocycles. The number of hydrogen-bond acceptors (Lipinski definition) is 3. The highest BCUT2D eigenvalue weighted by Gasteiger charge is 2.12. The Morgan fingerprint density at radius 1 is 0.947 bits per heavy atom. The van der Waals surface area contributed by atoms with Gasteiger partial charge in [-0.25, -0.2) is 4.98 Å². The Balaban J connectivity index is 1.25. The average molecular weight is 586 g/mol. The second kappa shape index (κ2) is 11.7. The van der Waals surface area contributed by atoms with E-state index >= 15 is 0 Å². The van der Waals surface area contributed by atoms with Gasteiger partial charge in [0.1, 0.15) is 5.82 Å². The van der Waals surface area contributed by atoms with E-state index in [9.17, 15) is 4.79 Å². The van der Waals surface area contributed by atoms with E-state index in [1.54, 1.807) is 0 Å². The molecule has 0 aliphatic heterocycles. The summed E-state index contributed by atoms with van der Waals surface area (Å²) in [5.74, 6) is 0.834. The highest BCUT2D eigenvalue weighted by molar-refractivity contribution is 9.10. The minimum atomic E-state index is -0.0755. The van der Waals surface area contributed by atoms with E-state index in [-0.39, 0.29) is 5.91 Å². The Hall–Kier alpha value is -3.87. The van der Waals surface area contributed by atoms with Gasteiger partial charge in [0.05, 0.1) is 10.2 Å². The van der Waals surface area contributed by atoms with Crippen LogP contribution >= 0.6 is 27.5 Å². The van der Waals surface area contributed by atoms with E-state index in [0.717, 1.165) is 43.9 Å². The second-order valence-corrected chi connectivity index (χ2v) is 10.2. The van der Waals surface area contributed by atoms with Crippen LogP contribution in [0.3, 0.4) is 0 Å². The topological polar surface area (TPSA) is 58.4 Å². The molecular formula is C31H26BrClN4O. The van der Waals surface area contributed by atoms with Gasteiger partial charge in [-0.2, -0.15) is 0 Å². The van der Waals surface area contributed by atoms with Crippen LogP contribution in [0.2, 0.25) is 5.02 Å². The van der Waals surface area contributed by atoms with Crippen LogP contribution in [-0.4, -0.2) is 15.3 Å². The minimum absolute atomic E-state index is 0.0755. The number of amides is 1. The Kier molecular flexibility index (Phi) is 7.91. The van der Waals surface area contributed by atoms with Crippen molar-refractivity contribution < 1.29 is 4.79 Å². The van der Waals surface area contributed by atoms with Crippen molar-refractivity contribution in [1.29, 1.82) is 0 Å². The SMILES string of the molecule is CC(=Cc1ccccc1)C(=O)NCc1ccc(CNc2cc(-c3ccccc3Cl)nc3c(Br)ccn23)cc1. The van der Waals surface area contributed by atoms with E-state index in [1.807, 2.05) is 102 Å². The number of aromatic nitrogens is 2. The summed E-state index contributed by atoms with van der Waals surface area (Å²) in [5.41, 5.74) is 6.34. The predicted molar refractivity (Wildman–Crippen MR) is 159 cm³/mol. The van der Waals surface area contributed by atoms with E-state index in [2.05, 4.69) is 38.7 Å². The third-order valence-electron chi connectivity index (χ3n) is 6.21. The molecule has 0 aliphatic rings. The summed E-state index contributed by atoms with van der Waals surface area (Å²) in [6.45, 7) is 2.92. The van der Waals surface area contributed by atoms with Crippen LogP contribution in [0.5, 0.6) is 0 Å². The summed E-state index contributed by atoms with van der Waals surface area (Å²) >= 11 is 10.1. The van der Waals surface area contributed by atoms with Crippen molar-refractivity contribution in [3.8, 4) is 11.3 Å². The van der Waals surface area contributed by atoms with Crippen LogP contribution in [0.1, 0.15) is 23.6 Å². The van der Waals surface area contributed by atoms with Crippen LogP contribution in [0.25, 0.3) is 23.0 Å². The molecule has 0 radical (unpaired) electrons. The number of anilines is 1. The van der Waals surface area contributed by atoms with Crippen molar-refractivity contribution in [2.24, 2.45) is 0 Å². The van der Waals surface area contributed by atoms with Crippen LogP contribution in [0, 0.1) is 0 Å². The Morgan fingerprint density at radius 3 is 2.37 bits per heavy atom. The first-order valence-corrected chi connectivity index (χ1v) is 13.4. The van der Waals surface area contributed by atoms with Crippen LogP contribution in [0.4, 0.5) is 5.82 Å². The van der Waals surface area contributed by atoms with Gasteiger partial charge in [0.2, 0.25) is 5.91 Å². The summed E-state index contributed by atoms with van der Waals surface area (Å²) in [5, 5.41) is 7.19. The molecular weight excluding hydrogens is 560 g/mol. The highest BCUT2D eigenvalue weighted by atomic mass is 79.9. The molecule has 0 fully saturated rings. The third-order valence-corrected chi connectivity index (χ3v) is 7.16. The minimum Gasteiger partial charge on any atom is -0.367 e. The third kappa shape index (κ3) is 5.98. The second-order valence-electron chi connectivity index (χ2n) is 8.95. The largest absolute Gasteiger partial charge is 0.367 e. The number of halogens is 2. The molecule has 5 nitrogen and oxygen atoms in total. The number of carbonyl (C=O) groups is 1. The molecule has 0 bridgehead atoms. The lowest BCUT2D eigenvalue weighted by Gasteiger charge is -2.13. The van der Waals surface area contributed by atoms with E-state index < -0.39 is 0 Å². The summed E-state index contributed by atoms with van der Waals surface area (Å²) in [4.78, 5) is 17.3. The van der Waals surface area contributed by atoms with Gasteiger partial charge in [-0.3, -0.25) is 9.20 Å². The van der Waals surface area contributed by atoms with E-state index in [0.29, 0.717) is 23.7 Å². The molecule has 5 aromatic rings. The summed E-state index contributed by atoms with van der Waals surface area (Å²) < 4.78 is 2.93. The van der Waals surface area contributed by atoms with Gasteiger partial charge < -0.3 is 10.6 Å². The summed E-state index contributed by atoms with van der Waals surface area (Å²) in [7, 11) is 0. The van der Waals surface area contributed by atoms with Crippen molar-refractivity contribution in [3.63, 3.8) is 0 Å². The zero-order chi connectivity index (χ0) is 26.5. The molecule has 2 heterocycles. The summed E-state index contributed by atoms with van der Waals surface area (Å²) in [6.07, 6.45) is 3.87. The Labute approximate surface area is 235 Å². The number of benzene rings is 3. The molecule has 1 amide bonds. The highest BCUT2D eigenvalue weighted by Crippen LogP contribution is 2.31. The lowest BCUT2D eigenvalue weighted by Crippen LogP contribution is -2.23. The number of carbonyl (C=O) groups excluding carboxylic acids is 1. The molecule has 5 rings (SSSR count). The number of nitrogens with zero attached hydrogens (tertiary/aromatic N) is 2. The van der Waals surface area contributed by atoms with E-state index in [1.165, 1.54) is 0 Å². The maximum atomic E-state index is 12.5. The Bertz CT molecular complexity index is 1610. The van der Waals surface area contributed by atoms with Gasteiger partial charge in [0, 0.05) is 41.5 Å². The molecule has 7 heteroatoms. The molecule has 0 unspecified atom stereocenters. The van der Waals surface area contributed by atoms with Crippen molar-refractivity contribution in [1.82, 2.24) is 14.7 Å². The zero-order valence-electron chi connectivity index (χ0n) is 20.8. The van der Waals surface area contributed by atoms with Crippen LogP contribution in [0.15, 0.2) is 107 Å². The molecule has 2 aromatic heterocycles. The summed E-state index contributed by atoms with van der Waals surface area (Å²) in [6, 6.07) is 29.7. The van der Waals surface area contributed by atoms with Gasteiger partial charge in [-0.1, -0.05) is 84.4 Å². The number of fused-ring (bicyclic) bond motifs is 1. The van der Waals surface area contributed by atoms with Gasteiger partial charge >= 0.3 is 0 Å². The molecule has 0 spiro atoms. The molecule has 38 heavy (non-hydrogen) atoms. The first-order chi connectivity index (χ1) is 18.5. The monoisotopic (exact) mass is 584 g/mol. The maximum absolute atomic E-state index is 12.5. The fourth-order valence-corrected chi connectivity index (χ4v) is 4.77.